The van der Waals surface area contributed by atoms with Crippen LogP contribution in [0.3, 0.4) is 0 Å². The first-order valence-corrected chi connectivity index (χ1v) is 5.30. The van der Waals surface area contributed by atoms with E-state index in [0.717, 1.165) is 10.9 Å². The van der Waals surface area contributed by atoms with Gasteiger partial charge in [0.1, 0.15) is 6.54 Å². The number of nitrogens with one attached hydrogen (secondary N) is 2. The van der Waals surface area contributed by atoms with E-state index in [1.165, 1.54) is 0 Å². The van der Waals surface area contributed by atoms with Crippen LogP contribution in [0.2, 0.25) is 0 Å². The number of halogens is 1. The summed E-state index contributed by atoms with van der Waals surface area (Å²) in [5.74, 6) is -0.490. The first kappa shape index (κ1) is 14.7. The van der Waals surface area contributed by atoms with Crippen molar-refractivity contribution in [2.45, 2.75) is 6.54 Å². The number of rotatable bonds is 2. The zero-order valence-corrected chi connectivity index (χ0v) is 10.6. The maximum atomic E-state index is 11.5. The molecule has 0 aliphatic rings. The molecule has 7 heteroatoms. The predicted molar refractivity (Wildman–Crippen MR) is 65.5 cm³/mol. The molecule has 1 heterocycles. The lowest BCUT2D eigenvalue weighted by Crippen LogP contribution is -3.00. The monoisotopic (exact) mass is 279 g/mol. The lowest BCUT2D eigenvalue weighted by molar-refractivity contribution is -0.120. The van der Waals surface area contributed by atoms with Crippen molar-refractivity contribution in [3.63, 3.8) is 0 Å². The molecule has 0 unspecified atom stereocenters. The van der Waals surface area contributed by atoms with Gasteiger partial charge in [-0.25, -0.2) is 4.79 Å². The van der Waals surface area contributed by atoms with Crippen molar-refractivity contribution >= 4 is 22.8 Å². The summed E-state index contributed by atoms with van der Waals surface area (Å²) in [5, 5.41) is 10.9. The molecule has 1 aromatic carbocycles. The van der Waals surface area contributed by atoms with Gasteiger partial charge in [-0.05, 0) is 12.1 Å². The second-order valence-corrected chi connectivity index (χ2v) is 3.79. The number of carbonyl (C=O) groups is 2. The topological polar surface area (TPSA) is 101 Å². The van der Waals surface area contributed by atoms with Crippen LogP contribution in [0.25, 0.3) is 10.9 Å². The number of para-hydroxylation sites is 1. The van der Waals surface area contributed by atoms with E-state index in [1.807, 2.05) is 23.5 Å². The van der Waals surface area contributed by atoms with Crippen molar-refractivity contribution in [1.82, 2.24) is 9.88 Å². The fraction of sp³-hybridized carbons (Fsp3) is 0.0833. The Morgan fingerprint density at radius 1 is 1.26 bits per heavy atom. The van der Waals surface area contributed by atoms with Crippen molar-refractivity contribution in [1.29, 1.82) is 5.41 Å². The molecule has 0 aliphatic carbocycles. The number of aromatic nitrogens is 1. The van der Waals surface area contributed by atoms with Gasteiger partial charge in [0.05, 0.1) is 10.9 Å². The number of primary amides is 1. The molecule has 2 rings (SSSR count). The minimum Gasteiger partial charge on any atom is -1.00 e. The van der Waals surface area contributed by atoms with Gasteiger partial charge in [0.25, 0.3) is 0 Å². The molecule has 0 fully saturated rings. The van der Waals surface area contributed by atoms with Crippen molar-refractivity contribution in [3.8, 4) is 0 Å². The van der Waals surface area contributed by atoms with Crippen molar-refractivity contribution in [2.24, 2.45) is 5.73 Å². The van der Waals surface area contributed by atoms with Gasteiger partial charge in [-0.3, -0.25) is 10.1 Å². The third-order valence-electron chi connectivity index (χ3n) is 2.50. The molecule has 6 nitrogen and oxygen atoms in total. The van der Waals surface area contributed by atoms with Crippen molar-refractivity contribution < 1.29 is 22.0 Å². The van der Waals surface area contributed by atoms with Crippen LogP contribution < -0.4 is 28.8 Å². The van der Waals surface area contributed by atoms with Crippen LogP contribution in [0, 0.1) is 5.41 Å². The molecule has 100 valence electrons. The molecule has 2 aromatic rings. The van der Waals surface area contributed by atoms with E-state index in [1.54, 1.807) is 22.9 Å². The molecule has 19 heavy (non-hydrogen) atoms. The number of pyridine rings is 1. The predicted octanol–water partition coefficient (Wildman–Crippen LogP) is -2.68. The molecule has 4 N–H and O–H groups in total. The molecule has 0 radical (unpaired) electrons. The Balaban J connectivity index is 0.00000180. The quantitative estimate of drug-likeness (QED) is 0.558. The second-order valence-electron chi connectivity index (χ2n) is 3.79. The Morgan fingerprint density at radius 3 is 2.63 bits per heavy atom. The van der Waals surface area contributed by atoms with Gasteiger partial charge in [-0.15, -0.1) is 0 Å². The smallest absolute Gasteiger partial charge is 0.318 e. The van der Waals surface area contributed by atoms with E-state index in [4.69, 9.17) is 11.1 Å². The number of hydrogen-bond donors (Lipinski definition) is 3. The summed E-state index contributed by atoms with van der Waals surface area (Å²) in [4.78, 5) is 22.0. The summed E-state index contributed by atoms with van der Waals surface area (Å²) in [6, 6.07) is 7.99. The number of benzene rings is 1. The fourth-order valence-corrected chi connectivity index (χ4v) is 1.76. The van der Waals surface area contributed by atoms with Crippen LogP contribution in [-0.4, -0.2) is 16.5 Å². The van der Waals surface area contributed by atoms with Crippen LogP contribution in [0.1, 0.15) is 0 Å². The summed E-state index contributed by atoms with van der Waals surface area (Å²) in [6.45, 7) is -0.0241. The first-order chi connectivity index (χ1) is 8.58. The highest BCUT2D eigenvalue weighted by Crippen LogP contribution is 2.08. The maximum absolute atomic E-state index is 11.5. The number of nitrogens with zero attached hydrogens (tertiary/aromatic N) is 1. The summed E-state index contributed by atoms with van der Waals surface area (Å²) >= 11 is 0. The van der Waals surface area contributed by atoms with Crippen LogP contribution in [0.5, 0.6) is 0 Å². The summed E-state index contributed by atoms with van der Waals surface area (Å²) in [5.41, 5.74) is 5.63. The number of amides is 3. The second kappa shape index (κ2) is 6.01. The standard InChI is InChI=1S/C12H12N4O2.ClH/c13-9-5-6-16(7-11(17)15-12(14)18)10-4-2-1-3-8(9)10;/h1-6,13H,7H2,(H3,14,15,17,18);1H/p-1. The van der Waals surface area contributed by atoms with Crippen LogP contribution >= 0.6 is 0 Å². The Kier molecular flexibility index (Phi) is 4.66. The van der Waals surface area contributed by atoms with E-state index in [0.29, 0.717) is 5.36 Å². The van der Waals surface area contributed by atoms with Crippen LogP contribution in [0.15, 0.2) is 36.5 Å². The van der Waals surface area contributed by atoms with Gasteiger partial charge >= 0.3 is 6.03 Å². The molecular weight excluding hydrogens is 268 g/mol. The fourth-order valence-electron chi connectivity index (χ4n) is 1.76. The largest absolute Gasteiger partial charge is 1.00 e. The van der Waals surface area contributed by atoms with Gasteiger partial charge in [0.2, 0.25) is 5.91 Å². The van der Waals surface area contributed by atoms with E-state index in [9.17, 15) is 9.59 Å². The van der Waals surface area contributed by atoms with E-state index in [2.05, 4.69) is 0 Å². The van der Waals surface area contributed by atoms with E-state index < -0.39 is 11.9 Å². The van der Waals surface area contributed by atoms with Crippen LogP contribution in [-0.2, 0) is 11.3 Å². The number of urea groups is 1. The molecule has 0 saturated carbocycles. The average Bonchev–Trinajstić information content (AvgIpc) is 2.32. The van der Waals surface area contributed by atoms with Gasteiger partial charge in [0.15, 0.2) is 0 Å². The summed E-state index contributed by atoms with van der Waals surface area (Å²) in [6.07, 6.45) is 1.63. The third-order valence-corrected chi connectivity index (χ3v) is 2.50. The number of hydrogen-bond acceptors (Lipinski definition) is 3. The molecule has 0 spiro atoms. The number of nitrogens with two attached hydrogens (primary N) is 1. The molecule has 0 aliphatic heterocycles. The highest BCUT2D eigenvalue weighted by atomic mass is 35.5. The number of imide groups is 1. The zero-order chi connectivity index (χ0) is 13.1. The van der Waals surface area contributed by atoms with E-state index >= 15 is 0 Å². The highest BCUT2D eigenvalue weighted by Gasteiger charge is 2.07. The lowest BCUT2D eigenvalue weighted by Gasteiger charge is -2.10. The number of fused-ring (bicyclic) bond motifs is 1. The Bertz CT molecular complexity index is 681. The van der Waals surface area contributed by atoms with Gasteiger partial charge in [0, 0.05) is 11.6 Å². The van der Waals surface area contributed by atoms with Gasteiger partial charge < -0.3 is 28.1 Å². The molecule has 1 aromatic heterocycles. The summed E-state index contributed by atoms with van der Waals surface area (Å²) in [7, 11) is 0. The molecule has 0 atom stereocenters. The normalized spacial score (nSPS) is 9.68. The molecule has 3 amide bonds. The van der Waals surface area contributed by atoms with E-state index in [-0.39, 0.29) is 19.0 Å². The molecular formula is C12H12ClN4O2-. The molecule has 0 saturated heterocycles. The number of carbonyl (C=O) groups excluding carboxylic acids is 2. The van der Waals surface area contributed by atoms with Gasteiger partial charge in [-0.1, -0.05) is 18.2 Å². The van der Waals surface area contributed by atoms with Gasteiger partial charge in [-0.2, -0.15) is 0 Å². The van der Waals surface area contributed by atoms with Crippen molar-refractivity contribution in [2.75, 3.05) is 0 Å². The maximum Gasteiger partial charge on any atom is 0.318 e. The minimum absolute atomic E-state index is 0. The third kappa shape index (κ3) is 3.32. The lowest BCUT2D eigenvalue weighted by atomic mass is 10.2. The Hall–Kier alpha value is -2.34. The highest BCUT2D eigenvalue weighted by molar-refractivity contribution is 5.94. The van der Waals surface area contributed by atoms with Crippen LogP contribution in [0.4, 0.5) is 4.79 Å². The van der Waals surface area contributed by atoms with Crippen molar-refractivity contribution in [3.05, 3.63) is 41.9 Å². The Labute approximate surface area is 115 Å². The first-order valence-electron chi connectivity index (χ1n) is 5.30. The Morgan fingerprint density at radius 2 is 1.95 bits per heavy atom. The zero-order valence-electron chi connectivity index (χ0n) is 9.89. The summed E-state index contributed by atoms with van der Waals surface area (Å²) < 4.78 is 1.66. The molecule has 0 bridgehead atoms. The average molecular weight is 280 g/mol. The SMILES string of the molecule is N=c1ccn(CC(=O)NC(N)=O)c2ccccc12.[Cl-]. The minimum atomic E-state index is -0.873.